The second-order valence-electron chi connectivity index (χ2n) is 5.01. The van der Waals surface area contributed by atoms with E-state index in [1.54, 1.807) is 18.7 Å². The Labute approximate surface area is 105 Å². The number of nitrogens with zero attached hydrogens (tertiary/aromatic N) is 2. The quantitative estimate of drug-likeness (QED) is 0.665. The van der Waals surface area contributed by atoms with Crippen LogP contribution in [0, 0.1) is 12.3 Å². The number of H-pyrrole nitrogens is 1. The molecule has 0 saturated carbocycles. The minimum Gasteiger partial charge on any atom is -0.382 e. The van der Waals surface area contributed by atoms with Crippen LogP contribution in [0.15, 0.2) is 0 Å². The fraction of sp³-hybridized carbons (Fsp3) is 0.545. The Morgan fingerprint density at radius 2 is 2.17 bits per heavy atom. The number of primary amides is 1. The predicted octanol–water partition coefficient (Wildman–Crippen LogP) is -0.362. The van der Waals surface area contributed by atoms with Crippen LogP contribution in [0.1, 0.15) is 29.4 Å². The summed E-state index contributed by atoms with van der Waals surface area (Å²) >= 11 is 0. The lowest BCUT2D eigenvalue weighted by atomic mass is 9.89. The van der Waals surface area contributed by atoms with Crippen molar-refractivity contribution < 1.29 is 9.59 Å². The second kappa shape index (κ2) is 4.01. The van der Waals surface area contributed by atoms with Gasteiger partial charge in [-0.3, -0.25) is 14.7 Å². The summed E-state index contributed by atoms with van der Waals surface area (Å²) in [6, 6.07) is 0. The summed E-state index contributed by atoms with van der Waals surface area (Å²) in [5, 5.41) is 6.46. The van der Waals surface area contributed by atoms with Gasteiger partial charge >= 0.3 is 0 Å². The summed E-state index contributed by atoms with van der Waals surface area (Å²) in [4.78, 5) is 25.2. The minimum absolute atomic E-state index is 0.185. The molecule has 1 saturated heterocycles. The average Bonchev–Trinajstić information content (AvgIpc) is 2.84. The van der Waals surface area contributed by atoms with Gasteiger partial charge in [0.15, 0.2) is 5.82 Å². The molecule has 0 bridgehead atoms. The van der Waals surface area contributed by atoms with Crippen molar-refractivity contribution in [1.82, 2.24) is 15.1 Å². The molecule has 98 valence electrons. The maximum atomic E-state index is 12.3. The molecular weight excluding hydrogens is 234 g/mol. The Morgan fingerprint density at radius 1 is 1.50 bits per heavy atom. The number of anilines is 1. The molecule has 1 unspecified atom stereocenters. The summed E-state index contributed by atoms with van der Waals surface area (Å²) in [7, 11) is 0. The Hall–Kier alpha value is -2.05. The second-order valence-corrected chi connectivity index (χ2v) is 5.01. The standard InChI is InChI=1S/C11H17N5O2/c1-6-7(8(12)15-14-6)9(17)16-4-3-11(2,5-16)10(13)18/h3-5H2,1-2H3,(H2,13,18)(H3,12,14,15). The number of aryl methyl sites for hydroxylation is 1. The third-order valence-corrected chi connectivity index (χ3v) is 3.54. The van der Waals surface area contributed by atoms with Gasteiger partial charge in [-0.1, -0.05) is 0 Å². The van der Waals surface area contributed by atoms with E-state index in [1.807, 2.05) is 0 Å². The molecule has 2 amide bonds. The lowest BCUT2D eigenvalue weighted by molar-refractivity contribution is -0.126. The average molecular weight is 251 g/mol. The van der Waals surface area contributed by atoms with E-state index in [1.165, 1.54) is 0 Å². The van der Waals surface area contributed by atoms with Crippen LogP contribution in [0.25, 0.3) is 0 Å². The monoisotopic (exact) mass is 251 g/mol. The number of amides is 2. The first-order valence-corrected chi connectivity index (χ1v) is 5.75. The van der Waals surface area contributed by atoms with Crippen LogP contribution in [0.2, 0.25) is 0 Å². The number of aromatic amines is 1. The first-order valence-electron chi connectivity index (χ1n) is 5.75. The topological polar surface area (TPSA) is 118 Å². The molecule has 1 atom stereocenters. The number of likely N-dealkylation sites (tertiary alicyclic amines) is 1. The molecule has 7 heteroatoms. The maximum Gasteiger partial charge on any atom is 0.259 e. The molecule has 0 radical (unpaired) electrons. The van der Waals surface area contributed by atoms with E-state index >= 15 is 0 Å². The predicted molar refractivity (Wildman–Crippen MR) is 65.6 cm³/mol. The van der Waals surface area contributed by atoms with Gasteiger partial charge in [0.1, 0.15) is 5.56 Å². The lowest BCUT2D eigenvalue weighted by Gasteiger charge is -2.21. The number of hydrogen-bond acceptors (Lipinski definition) is 4. The zero-order valence-corrected chi connectivity index (χ0v) is 10.5. The van der Waals surface area contributed by atoms with E-state index in [-0.39, 0.29) is 17.6 Å². The van der Waals surface area contributed by atoms with Crippen LogP contribution in [-0.2, 0) is 4.79 Å². The Kier molecular flexibility index (Phi) is 2.76. The molecule has 2 heterocycles. The van der Waals surface area contributed by atoms with Crippen LogP contribution < -0.4 is 11.5 Å². The highest BCUT2D eigenvalue weighted by molar-refractivity contribution is 6.00. The van der Waals surface area contributed by atoms with E-state index in [0.29, 0.717) is 30.8 Å². The fourth-order valence-electron chi connectivity index (χ4n) is 2.21. The van der Waals surface area contributed by atoms with Crippen molar-refractivity contribution in [3.05, 3.63) is 11.3 Å². The number of nitrogen functional groups attached to an aromatic ring is 1. The van der Waals surface area contributed by atoms with Crippen molar-refractivity contribution in [2.75, 3.05) is 18.8 Å². The zero-order chi connectivity index (χ0) is 13.5. The molecule has 1 aliphatic rings. The normalized spacial score (nSPS) is 23.3. The van der Waals surface area contributed by atoms with Gasteiger partial charge < -0.3 is 16.4 Å². The van der Waals surface area contributed by atoms with Gasteiger partial charge in [0.05, 0.1) is 5.41 Å². The molecule has 0 aromatic carbocycles. The first-order chi connectivity index (χ1) is 8.35. The third-order valence-electron chi connectivity index (χ3n) is 3.54. The molecule has 0 aliphatic carbocycles. The lowest BCUT2D eigenvalue weighted by Crippen LogP contribution is -2.38. The summed E-state index contributed by atoms with van der Waals surface area (Å²) in [5.41, 5.74) is 11.4. The Bertz CT molecular complexity index is 490. The fourth-order valence-corrected chi connectivity index (χ4v) is 2.21. The number of hydrogen-bond donors (Lipinski definition) is 3. The summed E-state index contributed by atoms with van der Waals surface area (Å²) in [5.74, 6) is -0.399. The van der Waals surface area contributed by atoms with Gasteiger partial charge in [-0.25, -0.2) is 0 Å². The number of nitrogens with one attached hydrogen (secondary N) is 1. The van der Waals surface area contributed by atoms with Crippen molar-refractivity contribution in [2.24, 2.45) is 11.1 Å². The SMILES string of the molecule is Cc1[nH]nc(N)c1C(=O)N1CCC(C)(C(N)=O)C1. The molecule has 1 aromatic heterocycles. The van der Waals surface area contributed by atoms with Gasteiger partial charge in [-0.2, -0.15) is 5.10 Å². The van der Waals surface area contributed by atoms with Crippen molar-refractivity contribution in [3.63, 3.8) is 0 Å². The largest absolute Gasteiger partial charge is 0.382 e. The number of carbonyl (C=O) groups is 2. The highest BCUT2D eigenvalue weighted by atomic mass is 16.2. The van der Waals surface area contributed by atoms with Gasteiger partial charge in [0.25, 0.3) is 5.91 Å². The van der Waals surface area contributed by atoms with Gasteiger partial charge in [-0.05, 0) is 20.3 Å². The Balaban J connectivity index is 2.21. The third kappa shape index (κ3) is 1.81. The number of carbonyl (C=O) groups excluding carboxylic acids is 2. The zero-order valence-electron chi connectivity index (χ0n) is 10.5. The summed E-state index contributed by atoms with van der Waals surface area (Å²) in [6.45, 7) is 4.34. The maximum absolute atomic E-state index is 12.3. The molecule has 1 fully saturated rings. The molecule has 1 aliphatic heterocycles. The minimum atomic E-state index is -0.651. The first kappa shape index (κ1) is 12.4. The number of rotatable bonds is 2. The van der Waals surface area contributed by atoms with Gasteiger partial charge in [-0.15, -0.1) is 0 Å². The van der Waals surface area contributed by atoms with Crippen LogP contribution in [0.4, 0.5) is 5.82 Å². The van der Waals surface area contributed by atoms with E-state index in [0.717, 1.165) is 0 Å². The van der Waals surface area contributed by atoms with Crippen molar-refractivity contribution in [2.45, 2.75) is 20.3 Å². The molecule has 0 spiro atoms. The van der Waals surface area contributed by atoms with Crippen LogP contribution in [0.5, 0.6) is 0 Å². The molecule has 18 heavy (non-hydrogen) atoms. The van der Waals surface area contributed by atoms with Crippen molar-refractivity contribution in [3.8, 4) is 0 Å². The van der Waals surface area contributed by atoms with Crippen molar-refractivity contribution >= 4 is 17.6 Å². The van der Waals surface area contributed by atoms with E-state index in [4.69, 9.17) is 11.5 Å². The number of nitrogens with two attached hydrogens (primary N) is 2. The molecule has 2 rings (SSSR count). The number of aromatic nitrogens is 2. The van der Waals surface area contributed by atoms with Crippen molar-refractivity contribution in [1.29, 1.82) is 0 Å². The van der Waals surface area contributed by atoms with Crippen LogP contribution in [-0.4, -0.2) is 40.0 Å². The molecule has 5 N–H and O–H groups in total. The van der Waals surface area contributed by atoms with Crippen LogP contribution in [0.3, 0.4) is 0 Å². The highest BCUT2D eigenvalue weighted by Crippen LogP contribution is 2.31. The van der Waals surface area contributed by atoms with Gasteiger partial charge in [0, 0.05) is 18.8 Å². The van der Waals surface area contributed by atoms with E-state index in [2.05, 4.69) is 10.2 Å². The summed E-state index contributed by atoms with van der Waals surface area (Å²) in [6.07, 6.45) is 0.574. The Morgan fingerprint density at radius 3 is 2.61 bits per heavy atom. The van der Waals surface area contributed by atoms with E-state index in [9.17, 15) is 9.59 Å². The van der Waals surface area contributed by atoms with Gasteiger partial charge in [0.2, 0.25) is 5.91 Å². The van der Waals surface area contributed by atoms with Crippen LogP contribution >= 0.6 is 0 Å². The summed E-state index contributed by atoms with van der Waals surface area (Å²) < 4.78 is 0. The smallest absolute Gasteiger partial charge is 0.259 e. The van der Waals surface area contributed by atoms with E-state index < -0.39 is 5.41 Å². The molecule has 1 aromatic rings. The molecule has 7 nitrogen and oxygen atoms in total. The molecular formula is C11H17N5O2. The highest BCUT2D eigenvalue weighted by Gasteiger charge is 2.41.